The molecule has 124 valence electrons. The van der Waals surface area contributed by atoms with Crippen LogP contribution in [-0.2, 0) is 14.4 Å². The van der Waals surface area contributed by atoms with Crippen LogP contribution in [0.4, 0.5) is 0 Å². The van der Waals surface area contributed by atoms with Crippen molar-refractivity contribution < 1.29 is 19.5 Å². The molecular weight excluding hydrogens is 304 g/mol. The highest BCUT2D eigenvalue weighted by Gasteiger charge is 2.40. The number of rotatable bonds is 6. The molecule has 1 N–H and O–H groups in total. The molecule has 2 rings (SSSR count). The highest BCUT2D eigenvalue weighted by atomic mass is 32.2. The van der Waals surface area contributed by atoms with Crippen molar-refractivity contribution in [2.24, 2.45) is 0 Å². The van der Waals surface area contributed by atoms with Crippen molar-refractivity contribution in [2.45, 2.75) is 57.5 Å². The molecule has 6 nitrogen and oxygen atoms in total. The molecular formula is C15H24N2O4S. The summed E-state index contributed by atoms with van der Waals surface area (Å²) in [7, 11) is 0. The van der Waals surface area contributed by atoms with Gasteiger partial charge >= 0.3 is 5.97 Å². The van der Waals surface area contributed by atoms with Crippen molar-refractivity contribution in [1.29, 1.82) is 0 Å². The molecule has 2 fully saturated rings. The molecule has 2 amide bonds. The van der Waals surface area contributed by atoms with Crippen LogP contribution in [0.5, 0.6) is 0 Å². The Morgan fingerprint density at radius 1 is 1.27 bits per heavy atom. The number of carbonyl (C=O) groups excluding carboxylic acids is 2. The maximum absolute atomic E-state index is 12.8. The second-order valence-electron chi connectivity index (χ2n) is 5.91. The average Bonchev–Trinajstić information content (AvgIpc) is 3.12. The van der Waals surface area contributed by atoms with E-state index in [-0.39, 0.29) is 24.3 Å². The number of carboxylic acid groups (broad SMARTS) is 1. The third-order valence-corrected chi connectivity index (χ3v) is 5.31. The van der Waals surface area contributed by atoms with Crippen LogP contribution in [0.15, 0.2) is 0 Å². The van der Waals surface area contributed by atoms with Gasteiger partial charge in [0, 0.05) is 24.8 Å². The monoisotopic (exact) mass is 328 g/mol. The Bertz CT molecular complexity index is 443. The van der Waals surface area contributed by atoms with Crippen LogP contribution in [0.1, 0.15) is 45.4 Å². The maximum atomic E-state index is 12.8. The Labute approximate surface area is 135 Å². The number of hydrogen-bond donors (Lipinski definition) is 1. The molecule has 0 aromatic carbocycles. The van der Waals surface area contributed by atoms with Crippen LogP contribution in [0.2, 0.25) is 0 Å². The van der Waals surface area contributed by atoms with Crippen LogP contribution in [0.3, 0.4) is 0 Å². The number of carbonyl (C=O) groups is 3. The molecule has 0 radical (unpaired) electrons. The highest BCUT2D eigenvalue weighted by Crippen LogP contribution is 2.28. The van der Waals surface area contributed by atoms with E-state index in [2.05, 4.69) is 0 Å². The summed E-state index contributed by atoms with van der Waals surface area (Å²) in [5, 5.41) is 8.97. The number of aliphatic carboxylic acids is 1. The zero-order chi connectivity index (χ0) is 16.1. The Hall–Kier alpha value is -1.24. The first-order valence-corrected chi connectivity index (χ1v) is 9.09. The molecule has 0 saturated carbocycles. The fourth-order valence-electron chi connectivity index (χ4n) is 3.10. The molecule has 2 aliphatic heterocycles. The summed E-state index contributed by atoms with van der Waals surface area (Å²) < 4.78 is 0. The maximum Gasteiger partial charge on any atom is 0.305 e. The van der Waals surface area contributed by atoms with Crippen molar-refractivity contribution in [1.82, 2.24) is 9.80 Å². The highest BCUT2D eigenvalue weighted by molar-refractivity contribution is 7.99. The number of thioether (sulfide) groups is 1. The molecule has 0 aromatic heterocycles. The van der Waals surface area contributed by atoms with Crippen molar-refractivity contribution in [3.63, 3.8) is 0 Å². The van der Waals surface area contributed by atoms with Gasteiger partial charge in [-0.2, -0.15) is 0 Å². The Balaban J connectivity index is 2.00. The van der Waals surface area contributed by atoms with Crippen molar-refractivity contribution >= 4 is 29.5 Å². The smallest absolute Gasteiger partial charge is 0.305 e. The van der Waals surface area contributed by atoms with E-state index in [1.807, 2.05) is 6.92 Å². The van der Waals surface area contributed by atoms with E-state index in [0.717, 1.165) is 25.7 Å². The zero-order valence-electron chi connectivity index (χ0n) is 13.0. The number of carboxylic acids is 1. The van der Waals surface area contributed by atoms with E-state index in [4.69, 9.17) is 5.11 Å². The molecule has 2 aliphatic rings. The van der Waals surface area contributed by atoms with Gasteiger partial charge in [-0.1, -0.05) is 13.3 Å². The molecule has 0 spiro atoms. The molecule has 2 heterocycles. The van der Waals surface area contributed by atoms with Gasteiger partial charge in [0.15, 0.2) is 0 Å². The first kappa shape index (κ1) is 17.1. The number of hydrogen-bond acceptors (Lipinski definition) is 4. The van der Waals surface area contributed by atoms with Crippen LogP contribution in [0.25, 0.3) is 0 Å². The predicted molar refractivity (Wildman–Crippen MR) is 84.5 cm³/mol. The molecule has 22 heavy (non-hydrogen) atoms. The molecule has 2 atom stereocenters. The molecule has 0 aromatic rings. The summed E-state index contributed by atoms with van der Waals surface area (Å²) in [6.45, 7) is 2.64. The quantitative estimate of drug-likeness (QED) is 0.800. The minimum absolute atomic E-state index is 0.00458. The Morgan fingerprint density at radius 2 is 2.05 bits per heavy atom. The number of nitrogens with zero attached hydrogens (tertiary/aromatic N) is 2. The van der Waals surface area contributed by atoms with E-state index in [1.54, 1.807) is 21.6 Å². The van der Waals surface area contributed by atoms with Crippen LogP contribution < -0.4 is 0 Å². The van der Waals surface area contributed by atoms with Gasteiger partial charge in [-0.05, 0) is 19.3 Å². The van der Waals surface area contributed by atoms with Crippen LogP contribution in [0, 0.1) is 0 Å². The van der Waals surface area contributed by atoms with E-state index in [1.165, 1.54) is 0 Å². The molecule has 7 heteroatoms. The second-order valence-corrected chi connectivity index (χ2v) is 6.91. The standard InChI is InChI=1S/C15H24N2O4S/c1-2-3-6-13(18)17-10-22-9-12(17)15(21)16-7-4-5-11(16)8-14(19)20/h11-12H,2-10H2,1H3,(H,19,20). The third kappa shape index (κ3) is 3.94. The average molecular weight is 328 g/mol. The number of amides is 2. The minimum atomic E-state index is -0.874. The molecule has 2 unspecified atom stereocenters. The summed E-state index contributed by atoms with van der Waals surface area (Å²) in [6, 6.07) is -0.632. The number of unbranched alkanes of at least 4 members (excludes halogenated alkanes) is 1. The third-order valence-electron chi connectivity index (χ3n) is 4.30. The minimum Gasteiger partial charge on any atom is -0.481 e. The summed E-state index contributed by atoms with van der Waals surface area (Å²) in [5.74, 6) is 0.280. The lowest BCUT2D eigenvalue weighted by Crippen LogP contribution is -2.50. The Kier molecular flexibility index (Phi) is 6.11. The fraction of sp³-hybridized carbons (Fsp3) is 0.800. The van der Waals surface area contributed by atoms with Gasteiger partial charge in [0.2, 0.25) is 11.8 Å². The lowest BCUT2D eigenvalue weighted by atomic mass is 10.1. The van der Waals surface area contributed by atoms with E-state index < -0.39 is 12.0 Å². The van der Waals surface area contributed by atoms with Crippen molar-refractivity contribution in [3.8, 4) is 0 Å². The van der Waals surface area contributed by atoms with Gasteiger partial charge in [0.05, 0.1) is 12.3 Å². The topological polar surface area (TPSA) is 77.9 Å². The first-order valence-electron chi connectivity index (χ1n) is 7.94. The molecule has 2 saturated heterocycles. The lowest BCUT2D eigenvalue weighted by Gasteiger charge is -2.30. The normalized spacial score (nSPS) is 24.8. The summed E-state index contributed by atoms with van der Waals surface area (Å²) in [6.07, 6.45) is 3.86. The first-order chi connectivity index (χ1) is 10.5. The summed E-state index contributed by atoms with van der Waals surface area (Å²) in [5.41, 5.74) is 0. The lowest BCUT2D eigenvalue weighted by molar-refractivity contribution is -0.145. The van der Waals surface area contributed by atoms with Gasteiger partial charge in [-0.3, -0.25) is 14.4 Å². The van der Waals surface area contributed by atoms with E-state index >= 15 is 0 Å². The van der Waals surface area contributed by atoms with Gasteiger partial charge in [-0.15, -0.1) is 11.8 Å². The SMILES string of the molecule is CCCCC(=O)N1CSCC1C(=O)N1CCCC1CC(=O)O. The van der Waals surface area contributed by atoms with Crippen LogP contribution >= 0.6 is 11.8 Å². The van der Waals surface area contributed by atoms with Gasteiger partial charge < -0.3 is 14.9 Å². The van der Waals surface area contributed by atoms with Crippen molar-refractivity contribution in [2.75, 3.05) is 18.2 Å². The number of likely N-dealkylation sites (tertiary alicyclic amines) is 1. The van der Waals surface area contributed by atoms with Gasteiger partial charge in [-0.25, -0.2) is 0 Å². The zero-order valence-corrected chi connectivity index (χ0v) is 13.8. The van der Waals surface area contributed by atoms with Crippen molar-refractivity contribution in [3.05, 3.63) is 0 Å². The van der Waals surface area contributed by atoms with E-state index in [9.17, 15) is 14.4 Å². The summed E-state index contributed by atoms with van der Waals surface area (Å²) >= 11 is 1.60. The predicted octanol–water partition coefficient (Wildman–Crippen LogP) is 1.54. The fourth-order valence-corrected chi connectivity index (χ4v) is 4.27. The second kappa shape index (κ2) is 7.85. The molecule has 0 bridgehead atoms. The van der Waals surface area contributed by atoms with Crippen LogP contribution in [-0.4, -0.2) is 62.9 Å². The summed E-state index contributed by atoms with van der Waals surface area (Å²) in [4.78, 5) is 39.3. The van der Waals surface area contributed by atoms with Gasteiger partial charge in [0.25, 0.3) is 0 Å². The van der Waals surface area contributed by atoms with E-state index in [0.29, 0.717) is 24.6 Å². The van der Waals surface area contributed by atoms with Gasteiger partial charge in [0.1, 0.15) is 6.04 Å². The largest absolute Gasteiger partial charge is 0.481 e. The molecule has 0 aliphatic carbocycles. The Morgan fingerprint density at radius 3 is 2.73 bits per heavy atom.